The molecule has 53 heavy (non-hydrogen) atoms. The van der Waals surface area contributed by atoms with Crippen molar-refractivity contribution >= 4 is 70.5 Å². The van der Waals surface area contributed by atoms with E-state index in [0.29, 0.717) is 0 Å². The van der Waals surface area contributed by atoms with Gasteiger partial charge in [0.2, 0.25) is 0 Å². The van der Waals surface area contributed by atoms with Gasteiger partial charge in [-0.05, 0) is 95.8 Å². The van der Waals surface area contributed by atoms with Crippen molar-refractivity contribution in [3.63, 3.8) is 0 Å². The normalized spacial score (nSPS) is 11.6. The molecule has 252 valence electrons. The van der Waals surface area contributed by atoms with Crippen molar-refractivity contribution in [2.45, 2.75) is 13.3 Å². The Morgan fingerprint density at radius 3 is 2.15 bits per heavy atom. The highest BCUT2D eigenvalue weighted by Crippen LogP contribution is 2.45. The first-order chi connectivity index (χ1) is 26.1. The van der Waals surface area contributed by atoms with E-state index in [0.717, 1.165) is 56.5 Å². The Bertz CT molecular complexity index is 2940. The average molecular weight is 700 g/mol. The molecule has 0 N–H and O–H groups in total. The van der Waals surface area contributed by atoms with Crippen LogP contribution in [0.2, 0.25) is 0 Å². The minimum atomic E-state index is 0.808. The molecule has 4 nitrogen and oxygen atoms in total. The van der Waals surface area contributed by atoms with Gasteiger partial charge in [-0.15, -0.1) is 11.3 Å². The number of hydrogen-bond donors (Lipinski definition) is 0. The molecule has 4 heterocycles. The van der Waals surface area contributed by atoms with Crippen LogP contribution >= 0.6 is 11.3 Å². The third kappa shape index (κ3) is 5.72. The SMILES string of the molecule is Cc1ccc(N(c2ccc3c(c2)sc2cc(-c4cncc(Cc5cccc(-c6cccnc6)c5)c4)ccc23)c2cccc3c2oc2ccccc23)cc1. The van der Waals surface area contributed by atoms with Crippen LogP contribution in [0.3, 0.4) is 0 Å². The predicted molar refractivity (Wildman–Crippen MR) is 222 cm³/mol. The standard InChI is InChI=1S/C48H33N3OS/c1-31-14-17-38(18-15-31)51(44-12-5-11-43-40-10-2-3-13-45(40)52-48(43)44)39-19-21-42-41-20-16-35(26-46(41)53-47(42)27-39)37-25-33(28-50-30-37)23-32-7-4-8-34(24-32)36-9-6-22-49-29-36/h2-22,24-30H,23H2,1H3. The maximum Gasteiger partial charge on any atom is 0.159 e. The molecule has 0 saturated carbocycles. The van der Waals surface area contributed by atoms with Crippen LogP contribution in [-0.4, -0.2) is 9.97 Å². The smallest absolute Gasteiger partial charge is 0.159 e. The first-order valence-electron chi connectivity index (χ1n) is 17.8. The fourth-order valence-electron chi connectivity index (χ4n) is 7.49. The van der Waals surface area contributed by atoms with Gasteiger partial charge in [0.05, 0.1) is 5.69 Å². The number of nitrogens with zero attached hydrogens (tertiary/aromatic N) is 3. The van der Waals surface area contributed by atoms with Gasteiger partial charge >= 0.3 is 0 Å². The van der Waals surface area contributed by atoms with Crippen molar-refractivity contribution in [1.82, 2.24) is 9.97 Å². The largest absolute Gasteiger partial charge is 0.454 e. The molecule has 0 radical (unpaired) electrons. The highest BCUT2D eigenvalue weighted by atomic mass is 32.1. The van der Waals surface area contributed by atoms with Gasteiger partial charge < -0.3 is 9.32 Å². The van der Waals surface area contributed by atoms with Gasteiger partial charge in [-0.3, -0.25) is 9.97 Å². The van der Waals surface area contributed by atoms with E-state index in [1.54, 1.807) is 0 Å². The topological polar surface area (TPSA) is 42.2 Å². The molecular weight excluding hydrogens is 667 g/mol. The first kappa shape index (κ1) is 31.2. The molecule has 0 unspecified atom stereocenters. The molecule has 0 saturated heterocycles. The number of fused-ring (bicyclic) bond motifs is 6. The minimum Gasteiger partial charge on any atom is -0.454 e. The molecule has 0 aliphatic carbocycles. The Labute approximate surface area is 311 Å². The number of rotatable bonds is 7. The van der Waals surface area contributed by atoms with Crippen molar-refractivity contribution in [3.05, 3.63) is 187 Å². The molecule has 0 aliphatic heterocycles. The average Bonchev–Trinajstić information content (AvgIpc) is 3.77. The summed E-state index contributed by atoms with van der Waals surface area (Å²) in [5.74, 6) is 0. The van der Waals surface area contributed by atoms with Crippen LogP contribution in [0.1, 0.15) is 16.7 Å². The van der Waals surface area contributed by atoms with Gasteiger partial charge in [-0.2, -0.15) is 0 Å². The second-order valence-electron chi connectivity index (χ2n) is 13.6. The molecule has 0 aliphatic rings. The molecule has 0 amide bonds. The third-order valence-electron chi connectivity index (χ3n) is 10.1. The van der Waals surface area contributed by atoms with E-state index in [2.05, 4.69) is 149 Å². The lowest BCUT2D eigenvalue weighted by Gasteiger charge is -2.25. The zero-order chi connectivity index (χ0) is 35.3. The third-order valence-corrected chi connectivity index (χ3v) is 11.2. The zero-order valence-electron chi connectivity index (χ0n) is 29.0. The second kappa shape index (κ2) is 12.9. The van der Waals surface area contributed by atoms with Crippen molar-refractivity contribution in [2.24, 2.45) is 0 Å². The van der Waals surface area contributed by atoms with Crippen LogP contribution < -0.4 is 4.90 Å². The monoisotopic (exact) mass is 699 g/mol. The van der Waals surface area contributed by atoms with Crippen molar-refractivity contribution < 1.29 is 4.42 Å². The Hall–Kier alpha value is -6.56. The van der Waals surface area contributed by atoms with E-state index in [4.69, 9.17) is 4.42 Å². The van der Waals surface area contributed by atoms with Crippen molar-refractivity contribution in [3.8, 4) is 22.3 Å². The van der Waals surface area contributed by atoms with Crippen LogP contribution in [0.5, 0.6) is 0 Å². The van der Waals surface area contributed by atoms with Gasteiger partial charge in [0.15, 0.2) is 5.58 Å². The number of anilines is 3. The molecule has 10 aromatic rings. The maximum atomic E-state index is 6.54. The summed E-state index contributed by atoms with van der Waals surface area (Å²) < 4.78 is 9.04. The van der Waals surface area contributed by atoms with E-state index >= 15 is 0 Å². The summed E-state index contributed by atoms with van der Waals surface area (Å²) in [6, 6.07) is 52.1. The molecule has 10 rings (SSSR count). The minimum absolute atomic E-state index is 0.808. The van der Waals surface area contributed by atoms with Crippen molar-refractivity contribution in [1.29, 1.82) is 0 Å². The summed E-state index contributed by atoms with van der Waals surface area (Å²) in [4.78, 5) is 11.3. The van der Waals surface area contributed by atoms with E-state index in [1.165, 1.54) is 48.0 Å². The zero-order valence-corrected chi connectivity index (χ0v) is 29.8. The number of furan rings is 1. The van der Waals surface area contributed by atoms with Crippen LogP contribution in [0.15, 0.2) is 175 Å². The molecule has 0 spiro atoms. The molecule has 0 bridgehead atoms. The highest BCUT2D eigenvalue weighted by molar-refractivity contribution is 7.25. The number of hydrogen-bond acceptors (Lipinski definition) is 5. The van der Waals surface area contributed by atoms with E-state index in [1.807, 2.05) is 54.3 Å². The summed E-state index contributed by atoms with van der Waals surface area (Å²) in [6.45, 7) is 2.13. The van der Waals surface area contributed by atoms with E-state index in [-0.39, 0.29) is 0 Å². The van der Waals surface area contributed by atoms with Crippen molar-refractivity contribution in [2.75, 3.05) is 4.90 Å². The van der Waals surface area contributed by atoms with Gasteiger partial charge in [-0.1, -0.05) is 96.6 Å². The van der Waals surface area contributed by atoms with E-state index < -0.39 is 0 Å². The fraction of sp³-hybridized carbons (Fsp3) is 0.0417. The predicted octanol–water partition coefficient (Wildman–Crippen LogP) is 13.4. The summed E-state index contributed by atoms with van der Waals surface area (Å²) in [7, 11) is 0. The lowest BCUT2D eigenvalue weighted by atomic mass is 9.98. The van der Waals surface area contributed by atoms with Crippen LogP contribution in [0.4, 0.5) is 17.1 Å². The lowest BCUT2D eigenvalue weighted by molar-refractivity contribution is 0.669. The summed E-state index contributed by atoms with van der Waals surface area (Å²) in [6.07, 6.45) is 8.48. The Kier molecular flexibility index (Phi) is 7.59. The van der Waals surface area contributed by atoms with Gasteiger partial charge in [0.1, 0.15) is 5.58 Å². The molecule has 0 fully saturated rings. The van der Waals surface area contributed by atoms with Crippen LogP contribution in [0.25, 0.3) is 64.4 Å². The maximum absolute atomic E-state index is 6.54. The number of aromatic nitrogens is 2. The number of para-hydroxylation sites is 2. The highest BCUT2D eigenvalue weighted by Gasteiger charge is 2.20. The first-order valence-corrected chi connectivity index (χ1v) is 18.6. The summed E-state index contributed by atoms with van der Waals surface area (Å²) >= 11 is 1.83. The van der Waals surface area contributed by atoms with Crippen LogP contribution in [-0.2, 0) is 6.42 Å². The Morgan fingerprint density at radius 2 is 1.26 bits per heavy atom. The number of pyridine rings is 2. The van der Waals surface area contributed by atoms with E-state index in [9.17, 15) is 0 Å². The fourth-order valence-corrected chi connectivity index (χ4v) is 8.66. The molecular formula is C48H33N3OS. The number of thiophene rings is 1. The van der Waals surface area contributed by atoms with Gasteiger partial charge in [-0.25, -0.2) is 0 Å². The van der Waals surface area contributed by atoms with Crippen LogP contribution in [0, 0.1) is 6.92 Å². The summed E-state index contributed by atoms with van der Waals surface area (Å²) in [5, 5.41) is 4.76. The Balaban J connectivity index is 1.02. The number of aryl methyl sites for hydroxylation is 1. The second-order valence-corrected chi connectivity index (χ2v) is 14.7. The quantitative estimate of drug-likeness (QED) is 0.166. The molecule has 5 heteroatoms. The van der Waals surface area contributed by atoms with Gasteiger partial charge in [0.25, 0.3) is 0 Å². The molecule has 4 aromatic heterocycles. The summed E-state index contributed by atoms with van der Waals surface area (Å²) in [5.41, 5.74) is 13.2. The molecule has 0 atom stereocenters. The lowest BCUT2D eigenvalue weighted by Crippen LogP contribution is -2.10. The number of benzene rings is 6. The Morgan fingerprint density at radius 1 is 0.528 bits per heavy atom. The molecule has 6 aromatic carbocycles. The van der Waals surface area contributed by atoms with Gasteiger partial charge in [0, 0.05) is 72.7 Å².